The summed E-state index contributed by atoms with van der Waals surface area (Å²) in [5.74, 6) is 0.363. The molecule has 0 aromatic heterocycles. The lowest BCUT2D eigenvalue weighted by Crippen LogP contribution is -2.56. The predicted octanol–water partition coefficient (Wildman–Crippen LogP) is 0.252. The number of carbonyl (C=O) groups excluding carboxylic acids is 2. The number of hydrogen-bond donors (Lipinski definition) is 0. The van der Waals surface area contributed by atoms with Gasteiger partial charge < -0.3 is 14.5 Å². The van der Waals surface area contributed by atoms with Crippen LogP contribution in [0.15, 0.2) is 0 Å². The Hall–Kier alpha value is -1.18. The molecule has 148 valence electrons. The molecule has 0 aromatic rings. The number of ether oxygens (including phenoxy) is 1. The highest BCUT2D eigenvalue weighted by atomic mass is 16.5. The van der Waals surface area contributed by atoms with E-state index >= 15 is 0 Å². The minimum absolute atomic E-state index is 0.134. The van der Waals surface area contributed by atoms with Crippen molar-refractivity contribution in [2.75, 3.05) is 65.5 Å². The number of nitrogens with zero attached hydrogens (tertiary/aromatic N) is 4. The van der Waals surface area contributed by atoms with Crippen molar-refractivity contribution >= 4 is 11.8 Å². The van der Waals surface area contributed by atoms with Crippen LogP contribution in [-0.4, -0.2) is 109 Å². The molecule has 26 heavy (non-hydrogen) atoms. The topological polar surface area (TPSA) is 56.3 Å². The van der Waals surface area contributed by atoms with Crippen molar-refractivity contribution in [3.8, 4) is 0 Å². The molecule has 2 amide bonds. The fraction of sp³-hybridized carbons (Fsp3) is 0.895. The summed E-state index contributed by atoms with van der Waals surface area (Å²) in [5, 5.41) is 0. The molecular weight excluding hydrogens is 332 g/mol. The lowest BCUT2D eigenvalue weighted by Gasteiger charge is -2.39. The van der Waals surface area contributed by atoms with E-state index in [0.717, 1.165) is 58.5 Å². The van der Waals surface area contributed by atoms with Gasteiger partial charge in [-0.15, -0.1) is 0 Å². The van der Waals surface area contributed by atoms with Crippen LogP contribution in [0.3, 0.4) is 0 Å². The first kappa shape index (κ1) is 19.6. The van der Waals surface area contributed by atoms with Crippen LogP contribution in [0.1, 0.15) is 33.1 Å². The zero-order chi connectivity index (χ0) is 18.5. The molecule has 0 spiro atoms. The van der Waals surface area contributed by atoms with Gasteiger partial charge in [0, 0.05) is 65.0 Å². The molecule has 0 radical (unpaired) electrons. The van der Waals surface area contributed by atoms with E-state index in [2.05, 4.69) is 23.6 Å². The van der Waals surface area contributed by atoms with Crippen LogP contribution in [0.5, 0.6) is 0 Å². The lowest BCUT2D eigenvalue weighted by atomic mass is 10.2. The first-order chi connectivity index (χ1) is 12.6. The largest absolute Gasteiger partial charge is 0.368 e. The lowest BCUT2D eigenvalue weighted by molar-refractivity contribution is -0.143. The fourth-order valence-electron chi connectivity index (χ4n) is 4.06. The molecule has 7 nitrogen and oxygen atoms in total. The van der Waals surface area contributed by atoms with E-state index in [4.69, 9.17) is 4.74 Å². The van der Waals surface area contributed by atoms with Crippen molar-refractivity contribution in [2.24, 2.45) is 0 Å². The van der Waals surface area contributed by atoms with E-state index in [9.17, 15) is 9.59 Å². The Bertz CT molecular complexity index is 479. The number of hydrogen-bond acceptors (Lipinski definition) is 5. The van der Waals surface area contributed by atoms with E-state index in [1.54, 1.807) is 0 Å². The second-order valence-electron chi connectivity index (χ2n) is 7.78. The van der Waals surface area contributed by atoms with Gasteiger partial charge in [0.1, 0.15) is 6.10 Å². The van der Waals surface area contributed by atoms with Crippen molar-refractivity contribution in [3.63, 3.8) is 0 Å². The highest BCUT2D eigenvalue weighted by Gasteiger charge is 2.31. The summed E-state index contributed by atoms with van der Waals surface area (Å²) in [6.45, 7) is 12.2. The van der Waals surface area contributed by atoms with Gasteiger partial charge in [0.25, 0.3) is 5.91 Å². The maximum atomic E-state index is 12.6. The SMILES string of the molecule is CCC(C)N1CCN(C(=O)CN2CCN(C(=O)C3CCCO3)CC2)CC1. The second kappa shape index (κ2) is 9.15. The van der Waals surface area contributed by atoms with E-state index in [-0.39, 0.29) is 17.9 Å². The highest BCUT2D eigenvalue weighted by molar-refractivity contribution is 5.81. The van der Waals surface area contributed by atoms with E-state index < -0.39 is 0 Å². The molecule has 7 heteroatoms. The molecule has 0 aromatic carbocycles. The van der Waals surface area contributed by atoms with Crippen molar-refractivity contribution in [2.45, 2.75) is 45.3 Å². The Labute approximate surface area is 157 Å². The molecule has 2 unspecified atom stereocenters. The summed E-state index contributed by atoms with van der Waals surface area (Å²) in [6.07, 6.45) is 2.75. The minimum atomic E-state index is -0.231. The summed E-state index contributed by atoms with van der Waals surface area (Å²) in [6, 6.07) is 0.599. The van der Waals surface area contributed by atoms with Gasteiger partial charge in [0.05, 0.1) is 6.54 Å². The quantitative estimate of drug-likeness (QED) is 0.698. The molecule has 3 saturated heterocycles. The van der Waals surface area contributed by atoms with Crippen molar-refractivity contribution in [1.29, 1.82) is 0 Å². The molecule has 3 rings (SSSR count). The maximum absolute atomic E-state index is 12.6. The number of carbonyl (C=O) groups is 2. The minimum Gasteiger partial charge on any atom is -0.368 e. The summed E-state index contributed by atoms with van der Waals surface area (Å²) >= 11 is 0. The standard InChI is InChI=1S/C19H34N4O3/c1-3-16(2)21-10-12-22(13-11-21)18(24)15-20-6-8-23(9-7-20)19(25)17-5-4-14-26-17/h16-17H,3-15H2,1-2H3. The van der Waals surface area contributed by atoms with Crippen molar-refractivity contribution in [1.82, 2.24) is 19.6 Å². The van der Waals surface area contributed by atoms with E-state index in [1.807, 2.05) is 9.80 Å². The van der Waals surface area contributed by atoms with Crippen LogP contribution in [0, 0.1) is 0 Å². The van der Waals surface area contributed by atoms with E-state index in [0.29, 0.717) is 32.3 Å². The predicted molar refractivity (Wildman–Crippen MR) is 99.9 cm³/mol. The van der Waals surface area contributed by atoms with Crippen molar-refractivity contribution in [3.05, 3.63) is 0 Å². The van der Waals surface area contributed by atoms with Crippen LogP contribution in [-0.2, 0) is 14.3 Å². The molecule has 3 fully saturated rings. The van der Waals surface area contributed by atoms with E-state index in [1.165, 1.54) is 0 Å². The van der Waals surface area contributed by atoms with Gasteiger partial charge in [0.2, 0.25) is 5.91 Å². The van der Waals surface area contributed by atoms with Crippen LogP contribution in [0.25, 0.3) is 0 Å². The Morgan fingerprint density at radius 1 is 1.00 bits per heavy atom. The van der Waals surface area contributed by atoms with Gasteiger partial charge in [-0.25, -0.2) is 0 Å². The molecule has 3 aliphatic rings. The van der Waals surface area contributed by atoms with Gasteiger partial charge >= 0.3 is 0 Å². The first-order valence-corrected chi connectivity index (χ1v) is 10.2. The van der Waals surface area contributed by atoms with Gasteiger partial charge in [-0.1, -0.05) is 6.92 Å². The van der Waals surface area contributed by atoms with Crippen LogP contribution >= 0.6 is 0 Å². The summed E-state index contributed by atoms with van der Waals surface area (Å²) < 4.78 is 5.50. The Morgan fingerprint density at radius 2 is 1.65 bits per heavy atom. The summed E-state index contributed by atoms with van der Waals surface area (Å²) in [7, 11) is 0. The van der Waals surface area contributed by atoms with Crippen molar-refractivity contribution < 1.29 is 14.3 Å². The molecule has 3 aliphatic heterocycles. The smallest absolute Gasteiger partial charge is 0.251 e. The number of amides is 2. The number of piperazine rings is 2. The molecule has 2 atom stereocenters. The third-order valence-corrected chi connectivity index (χ3v) is 6.13. The van der Waals surface area contributed by atoms with Gasteiger partial charge in [-0.05, 0) is 26.2 Å². The average molecular weight is 367 g/mol. The zero-order valence-electron chi connectivity index (χ0n) is 16.4. The molecule has 3 heterocycles. The first-order valence-electron chi connectivity index (χ1n) is 10.2. The Morgan fingerprint density at radius 3 is 2.23 bits per heavy atom. The molecule has 0 bridgehead atoms. The van der Waals surface area contributed by atoms with Crippen LogP contribution in [0.2, 0.25) is 0 Å². The Kier molecular flexibility index (Phi) is 6.89. The summed E-state index contributed by atoms with van der Waals surface area (Å²) in [5.41, 5.74) is 0. The monoisotopic (exact) mass is 366 g/mol. The normalized spacial score (nSPS) is 26.9. The van der Waals surface area contributed by atoms with Gasteiger partial charge in [-0.3, -0.25) is 19.4 Å². The van der Waals surface area contributed by atoms with Gasteiger partial charge in [-0.2, -0.15) is 0 Å². The van der Waals surface area contributed by atoms with Crippen LogP contribution in [0.4, 0.5) is 0 Å². The Balaban J connectivity index is 1.38. The molecule has 0 saturated carbocycles. The molecular formula is C19H34N4O3. The highest BCUT2D eigenvalue weighted by Crippen LogP contribution is 2.16. The van der Waals surface area contributed by atoms with Gasteiger partial charge in [0.15, 0.2) is 0 Å². The third-order valence-electron chi connectivity index (χ3n) is 6.13. The second-order valence-corrected chi connectivity index (χ2v) is 7.78. The zero-order valence-corrected chi connectivity index (χ0v) is 16.4. The maximum Gasteiger partial charge on any atom is 0.251 e. The average Bonchev–Trinajstić information content (AvgIpc) is 3.22. The molecule has 0 aliphatic carbocycles. The molecule has 0 N–H and O–H groups in total. The third kappa shape index (κ3) is 4.75. The number of rotatable bonds is 5. The summed E-state index contributed by atoms with van der Waals surface area (Å²) in [4.78, 5) is 33.6. The fourth-order valence-corrected chi connectivity index (χ4v) is 4.06. The van der Waals surface area contributed by atoms with Crippen LogP contribution < -0.4 is 0 Å².